The molecule has 1 atom stereocenters. The summed E-state index contributed by atoms with van der Waals surface area (Å²) in [4.78, 5) is 12.6. The monoisotopic (exact) mass is 282 g/mol. The van der Waals surface area contributed by atoms with Gasteiger partial charge in [0.1, 0.15) is 0 Å². The van der Waals surface area contributed by atoms with Gasteiger partial charge in [-0.05, 0) is 26.0 Å². The third kappa shape index (κ3) is 3.96. The molecule has 1 saturated heterocycles. The standard InChI is InChI=1S/C14H18O4S/c1-11-3-5-13(6-4-11)19(16)10-12(15)9-14(2)17-7-8-18-14/h3-6H,7-10H2,1-2H3/t19-/m0/s1. The minimum absolute atomic E-state index is 0.00533. The fourth-order valence-electron chi connectivity index (χ4n) is 1.99. The van der Waals surface area contributed by atoms with Crippen LogP contribution in [0, 0.1) is 6.92 Å². The van der Waals surface area contributed by atoms with E-state index in [1.807, 2.05) is 19.1 Å². The first-order chi connectivity index (χ1) is 8.98. The Kier molecular flexibility index (Phi) is 4.50. The average molecular weight is 282 g/mol. The van der Waals surface area contributed by atoms with E-state index in [1.54, 1.807) is 19.1 Å². The van der Waals surface area contributed by atoms with Crippen LogP contribution in [0.5, 0.6) is 0 Å². The minimum Gasteiger partial charge on any atom is -0.347 e. The van der Waals surface area contributed by atoms with E-state index < -0.39 is 16.6 Å². The number of aryl methyl sites for hydroxylation is 1. The Morgan fingerprint density at radius 1 is 1.26 bits per heavy atom. The van der Waals surface area contributed by atoms with Crippen LogP contribution in [0.15, 0.2) is 29.2 Å². The van der Waals surface area contributed by atoms with Crippen LogP contribution in [0.4, 0.5) is 0 Å². The fourth-order valence-corrected chi connectivity index (χ4v) is 2.99. The Hall–Kier alpha value is -1.04. The summed E-state index contributed by atoms with van der Waals surface area (Å²) < 4.78 is 22.8. The first-order valence-corrected chi connectivity index (χ1v) is 7.55. The molecule has 0 aromatic heterocycles. The van der Waals surface area contributed by atoms with Crippen LogP contribution < -0.4 is 0 Å². The van der Waals surface area contributed by atoms with Crippen molar-refractivity contribution in [2.45, 2.75) is 31.0 Å². The van der Waals surface area contributed by atoms with Gasteiger partial charge in [-0.1, -0.05) is 17.7 Å². The molecule has 1 heterocycles. The van der Waals surface area contributed by atoms with Crippen molar-refractivity contribution in [3.63, 3.8) is 0 Å². The van der Waals surface area contributed by atoms with Gasteiger partial charge >= 0.3 is 0 Å². The number of ketones is 1. The zero-order valence-electron chi connectivity index (χ0n) is 11.2. The molecule has 0 radical (unpaired) electrons. The van der Waals surface area contributed by atoms with E-state index in [4.69, 9.17) is 9.47 Å². The summed E-state index contributed by atoms with van der Waals surface area (Å²) in [5.74, 6) is -0.941. The molecule has 1 aromatic carbocycles. The highest BCUT2D eigenvalue weighted by Crippen LogP contribution is 2.23. The van der Waals surface area contributed by atoms with Crippen LogP contribution in [-0.4, -0.2) is 34.7 Å². The summed E-state index contributed by atoms with van der Waals surface area (Å²) in [5, 5.41) is 0. The van der Waals surface area contributed by atoms with E-state index in [2.05, 4.69) is 0 Å². The van der Waals surface area contributed by atoms with Gasteiger partial charge in [-0.2, -0.15) is 0 Å². The largest absolute Gasteiger partial charge is 0.347 e. The van der Waals surface area contributed by atoms with Gasteiger partial charge < -0.3 is 9.47 Å². The molecule has 104 valence electrons. The van der Waals surface area contributed by atoms with Gasteiger partial charge in [0.25, 0.3) is 0 Å². The number of carbonyl (C=O) groups is 1. The molecular weight excluding hydrogens is 264 g/mol. The summed E-state index contributed by atoms with van der Waals surface area (Å²) in [7, 11) is -1.30. The average Bonchev–Trinajstić information content (AvgIpc) is 2.76. The summed E-state index contributed by atoms with van der Waals surface area (Å²) in [5.41, 5.74) is 1.10. The highest BCUT2D eigenvalue weighted by Gasteiger charge is 2.33. The zero-order chi connectivity index (χ0) is 13.9. The van der Waals surface area contributed by atoms with Crippen molar-refractivity contribution in [1.82, 2.24) is 0 Å². The third-order valence-electron chi connectivity index (χ3n) is 2.99. The molecule has 0 spiro atoms. The topological polar surface area (TPSA) is 52.6 Å². The van der Waals surface area contributed by atoms with Gasteiger partial charge in [0.2, 0.25) is 0 Å². The molecule has 4 nitrogen and oxygen atoms in total. The molecule has 19 heavy (non-hydrogen) atoms. The highest BCUT2D eigenvalue weighted by atomic mass is 32.2. The lowest BCUT2D eigenvalue weighted by Crippen LogP contribution is -2.30. The van der Waals surface area contributed by atoms with E-state index in [-0.39, 0.29) is 18.0 Å². The number of hydrogen-bond acceptors (Lipinski definition) is 4. The van der Waals surface area contributed by atoms with Crippen LogP contribution in [0.2, 0.25) is 0 Å². The molecule has 5 heteroatoms. The molecule has 0 unspecified atom stereocenters. The second-order valence-corrected chi connectivity index (χ2v) is 6.30. The normalized spacial score (nSPS) is 19.3. The van der Waals surface area contributed by atoms with Crippen molar-refractivity contribution in [2.24, 2.45) is 0 Å². The third-order valence-corrected chi connectivity index (χ3v) is 4.37. The Morgan fingerprint density at radius 3 is 2.42 bits per heavy atom. The van der Waals surface area contributed by atoms with E-state index in [1.165, 1.54) is 0 Å². The van der Waals surface area contributed by atoms with Crippen LogP contribution >= 0.6 is 0 Å². The lowest BCUT2D eigenvalue weighted by Gasteiger charge is -2.20. The van der Waals surface area contributed by atoms with Gasteiger partial charge in [-0.15, -0.1) is 0 Å². The van der Waals surface area contributed by atoms with E-state index in [0.717, 1.165) is 5.56 Å². The van der Waals surface area contributed by atoms with Gasteiger partial charge in [-0.3, -0.25) is 9.00 Å². The highest BCUT2D eigenvalue weighted by molar-refractivity contribution is 7.85. The molecule has 1 fully saturated rings. The Morgan fingerprint density at radius 2 is 1.84 bits per heavy atom. The number of Topliss-reactive ketones (excluding diaryl/α,β-unsaturated/α-hetero) is 1. The second-order valence-electron chi connectivity index (χ2n) is 4.85. The zero-order valence-corrected chi connectivity index (χ0v) is 12.0. The molecule has 1 aromatic rings. The molecule has 0 saturated carbocycles. The van der Waals surface area contributed by atoms with Crippen LogP contribution in [0.25, 0.3) is 0 Å². The SMILES string of the molecule is Cc1ccc([S@@](=O)CC(=O)CC2(C)OCCO2)cc1. The lowest BCUT2D eigenvalue weighted by atomic mass is 10.2. The molecule has 0 bridgehead atoms. The van der Waals surface area contributed by atoms with E-state index in [0.29, 0.717) is 18.1 Å². The Bertz CT molecular complexity index is 475. The summed E-state index contributed by atoms with van der Waals surface area (Å²) in [6.45, 7) is 4.72. The summed E-state index contributed by atoms with van der Waals surface area (Å²) in [6, 6.07) is 7.37. The van der Waals surface area contributed by atoms with Crippen LogP contribution in [0.1, 0.15) is 18.9 Å². The van der Waals surface area contributed by atoms with E-state index >= 15 is 0 Å². The van der Waals surface area contributed by atoms with Crippen molar-refractivity contribution < 1.29 is 18.5 Å². The fraction of sp³-hybridized carbons (Fsp3) is 0.500. The number of rotatable bonds is 5. The quantitative estimate of drug-likeness (QED) is 0.826. The smallest absolute Gasteiger partial charge is 0.172 e. The van der Waals surface area contributed by atoms with Crippen molar-refractivity contribution in [3.8, 4) is 0 Å². The van der Waals surface area contributed by atoms with Crippen molar-refractivity contribution in [1.29, 1.82) is 0 Å². The molecule has 1 aliphatic rings. The van der Waals surface area contributed by atoms with E-state index in [9.17, 15) is 9.00 Å². The maximum atomic E-state index is 12.1. The van der Waals surface area contributed by atoms with Crippen molar-refractivity contribution in [3.05, 3.63) is 29.8 Å². The Balaban J connectivity index is 1.91. The second kappa shape index (κ2) is 5.94. The predicted octanol–water partition coefficient (Wildman–Crippen LogP) is 1.82. The maximum Gasteiger partial charge on any atom is 0.172 e. The van der Waals surface area contributed by atoms with Crippen LogP contribution in [-0.2, 0) is 25.1 Å². The van der Waals surface area contributed by atoms with Gasteiger partial charge in [0.05, 0.1) is 36.2 Å². The molecule has 0 aliphatic carbocycles. The Labute approximate surface area is 115 Å². The van der Waals surface area contributed by atoms with Crippen molar-refractivity contribution in [2.75, 3.05) is 19.0 Å². The first kappa shape index (κ1) is 14.4. The van der Waals surface area contributed by atoms with Gasteiger partial charge in [0, 0.05) is 4.90 Å². The lowest BCUT2D eigenvalue weighted by molar-refractivity contribution is -0.156. The summed E-state index contributed by atoms with van der Waals surface area (Å²) >= 11 is 0. The summed E-state index contributed by atoms with van der Waals surface area (Å²) in [6.07, 6.45) is 0.143. The molecule has 1 aliphatic heterocycles. The molecule has 2 rings (SSSR count). The number of ether oxygens (including phenoxy) is 2. The molecule has 0 N–H and O–H groups in total. The number of benzene rings is 1. The number of hydrogen-bond donors (Lipinski definition) is 0. The maximum absolute atomic E-state index is 12.1. The molecular formula is C14H18O4S. The van der Waals surface area contributed by atoms with Gasteiger partial charge in [-0.25, -0.2) is 0 Å². The predicted molar refractivity (Wildman–Crippen MR) is 72.4 cm³/mol. The van der Waals surface area contributed by atoms with Gasteiger partial charge in [0.15, 0.2) is 11.6 Å². The van der Waals surface area contributed by atoms with Crippen LogP contribution in [0.3, 0.4) is 0 Å². The minimum atomic E-state index is -1.30. The first-order valence-electron chi connectivity index (χ1n) is 6.23. The number of carbonyl (C=O) groups excluding carboxylic acids is 1. The van der Waals surface area contributed by atoms with Crippen molar-refractivity contribution >= 4 is 16.6 Å². The molecule has 0 amide bonds.